The number of nitrogens with one attached hydrogen (secondary N) is 4. The van der Waals surface area contributed by atoms with Crippen molar-refractivity contribution >= 4 is 79.9 Å². The van der Waals surface area contributed by atoms with Gasteiger partial charge in [0, 0.05) is 61.5 Å². The van der Waals surface area contributed by atoms with E-state index in [4.69, 9.17) is 28.5 Å². The minimum atomic E-state index is -0.644. The maximum atomic E-state index is 14.6. The molecule has 0 unspecified atom stereocenters. The number of aromatic nitrogens is 10. The van der Waals surface area contributed by atoms with Gasteiger partial charge in [-0.2, -0.15) is 20.7 Å². The summed E-state index contributed by atoms with van der Waals surface area (Å²) in [6.45, 7) is 0. The van der Waals surface area contributed by atoms with Gasteiger partial charge in [-0.1, -0.05) is 29.3 Å². The lowest BCUT2D eigenvalue weighted by molar-refractivity contribution is 0.613. The van der Waals surface area contributed by atoms with E-state index in [-0.39, 0.29) is 16.3 Å². The molecule has 270 valence electrons. The van der Waals surface area contributed by atoms with Crippen LogP contribution in [0.2, 0.25) is 10.0 Å². The molecule has 8 aromatic rings. The van der Waals surface area contributed by atoms with Gasteiger partial charge in [-0.05, 0) is 24.3 Å². The van der Waals surface area contributed by atoms with E-state index in [2.05, 4.69) is 67.4 Å². The maximum absolute atomic E-state index is 14.6. The Labute approximate surface area is 321 Å². The topological polar surface area (TPSA) is 209 Å². The molecule has 0 aliphatic rings. The fourth-order valence-electron chi connectivity index (χ4n) is 5.37. The van der Waals surface area contributed by atoms with Crippen molar-refractivity contribution in [2.24, 2.45) is 0 Å². The van der Waals surface area contributed by atoms with Crippen molar-refractivity contribution in [2.75, 3.05) is 35.4 Å². The summed E-state index contributed by atoms with van der Waals surface area (Å²) in [7, 11) is 3.54. The maximum Gasteiger partial charge on any atom is 0.151 e. The highest BCUT2D eigenvalue weighted by Crippen LogP contribution is 2.30. The largest absolute Gasteiger partial charge is 0.373 e. The van der Waals surface area contributed by atoms with Crippen LogP contribution in [0.4, 0.5) is 39.3 Å². The van der Waals surface area contributed by atoms with Crippen molar-refractivity contribution in [3.63, 3.8) is 0 Å². The molecule has 0 amide bonds. The highest BCUT2D eigenvalue weighted by Gasteiger charge is 2.17. The first-order valence-corrected chi connectivity index (χ1v) is 16.8. The number of para-hydroxylation sites is 1. The van der Waals surface area contributed by atoms with Crippen LogP contribution >= 0.6 is 23.2 Å². The van der Waals surface area contributed by atoms with Gasteiger partial charge in [0.05, 0.1) is 50.7 Å². The van der Waals surface area contributed by atoms with Crippen LogP contribution in [-0.4, -0.2) is 63.6 Å². The lowest BCUT2D eigenvalue weighted by Crippen LogP contribution is -2.03. The molecule has 0 atom stereocenters. The second-order valence-corrected chi connectivity index (χ2v) is 12.2. The monoisotopic (exact) mass is 770 g/mol. The first-order chi connectivity index (χ1) is 26.8. The predicted molar refractivity (Wildman–Crippen MR) is 207 cm³/mol. The Morgan fingerprint density at radius 3 is 1.64 bits per heavy atom. The van der Waals surface area contributed by atoms with Gasteiger partial charge in [0.25, 0.3) is 0 Å². The lowest BCUT2D eigenvalue weighted by Gasteiger charge is -2.10. The lowest BCUT2D eigenvalue weighted by atomic mass is 10.2. The Balaban J connectivity index is 0.000000169. The molecule has 6 aromatic heterocycles. The molecule has 55 heavy (non-hydrogen) atoms. The highest BCUT2D eigenvalue weighted by atomic mass is 35.5. The fraction of sp³-hybridized carbons (Fsp3) is 0.0556. The molecule has 0 aliphatic carbocycles. The third-order valence-corrected chi connectivity index (χ3v) is 8.53. The fourth-order valence-corrected chi connectivity index (χ4v) is 5.92. The number of pyridine rings is 2. The first kappa shape index (κ1) is 35.9. The summed E-state index contributed by atoms with van der Waals surface area (Å²) in [5.74, 6) is 2.90. The quantitative estimate of drug-likeness (QED) is 0.121. The number of nitriles is 2. The van der Waals surface area contributed by atoms with Gasteiger partial charge >= 0.3 is 0 Å². The summed E-state index contributed by atoms with van der Waals surface area (Å²) in [6, 6.07) is 18.7. The molecule has 4 N–H and O–H groups in total. The van der Waals surface area contributed by atoms with E-state index in [9.17, 15) is 9.65 Å². The van der Waals surface area contributed by atoms with Crippen molar-refractivity contribution in [3.05, 3.63) is 119 Å². The molecule has 0 aliphatic heterocycles. The standard InChI is InChI=1S/C18H12ClFN8.C18H13ClN8/c1-22-15-5-17(25-9-24-15)27-16-4-14-11(7-23-16)8-26-28(14)18-12(19)2-10(6-21)3-13(18)20;1-21-15-6-17(24-10-23-15)26-16-5-14-12(8-22-16)9-25-27(14)18-11(7-20)3-2-4-13(18)19/h2-5,7-9H,1H3,(H2,22,23,24,25,27);2-6,8-10H,1H3,(H2,21,22,23,24,26). The number of fused-ring (bicyclic) bond motifs is 2. The molecule has 16 nitrogen and oxygen atoms in total. The van der Waals surface area contributed by atoms with Gasteiger partial charge in [0.1, 0.15) is 65.0 Å². The van der Waals surface area contributed by atoms with E-state index in [1.54, 1.807) is 80.0 Å². The third kappa shape index (κ3) is 7.55. The first-order valence-electron chi connectivity index (χ1n) is 16.1. The van der Waals surface area contributed by atoms with Gasteiger partial charge in [-0.15, -0.1) is 0 Å². The van der Waals surface area contributed by atoms with E-state index >= 15 is 0 Å². The number of benzene rings is 2. The normalized spacial score (nSPS) is 10.6. The van der Waals surface area contributed by atoms with Crippen molar-refractivity contribution in [2.45, 2.75) is 0 Å². The summed E-state index contributed by atoms with van der Waals surface area (Å²) >= 11 is 12.5. The van der Waals surface area contributed by atoms with Gasteiger partial charge in [0.15, 0.2) is 5.82 Å². The molecule has 0 radical (unpaired) electrons. The van der Waals surface area contributed by atoms with Crippen LogP contribution in [0.1, 0.15) is 11.1 Å². The Morgan fingerprint density at radius 1 is 0.600 bits per heavy atom. The smallest absolute Gasteiger partial charge is 0.151 e. The number of nitrogens with zero attached hydrogens (tertiary/aromatic N) is 12. The Hall–Kier alpha value is -7.47. The molecule has 0 bridgehead atoms. The van der Waals surface area contributed by atoms with Crippen molar-refractivity contribution < 1.29 is 4.39 Å². The third-order valence-electron chi connectivity index (χ3n) is 7.94. The number of rotatable bonds is 8. The average Bonchev–Trinajstić information content (AvgIpc) is 3.81. The second-order valence-electron chi connectivity index (χ2n) is 11.3. The average molecular weight is 772 g/mol. The molecule has 0 saturated heterocycles. The Bertz CT molecular complexity index is 2770. The van der Waals surface area contributed by atoms with Gasteiger partial charge in [-0.3, -0.25) is 0 Å². The number of hydrogen-bond donors (Lipinski definition) is 4. The zero-order valence-corrected chi connectivity index (χ0v) is 30.2. The van der Waals surface area contributed by atoms with Crippen LogP contribution in [-0.2, 0) is 0 Å². The highest BCUT2D eigenvalue weighted by molar-refractivity contribution is 6.33. The van der Waals surface area contributed by atoms with Crippen LogP contribution in [0, 0.1) is 28.5 Å². The number of halogens is 3. The minimum absolute atomic E-state index is 0.0623. The van der Waals surface area contributed by atoms with Crippen LogP contribution in [0.5, 0.6) is 0 Å². The second kappa shape index (κ2) is 15.6. The Kier molecular flexibility index (Phi) is 10.2. The van der Waals surface area contributed by atoms with E-state index < -0.39 is 5.82 Å². The van der Waals surface area contributed by atoms with Crippen molar-refractivity contribution in [3.8, 4) is 23.5 Å². The minimum Gasteiger partial charge on any atom is -0.373 e. The van der Waals surface area contributed by atoms with Gasteiger partial charge < -0.3 is 21.3 Å². The van der Waals surface area contributed by atoms with Crippen LogP contribution < -0.4 is 21.3 Å². The van der Waals surface area contributed by atoms with Crippen LogP contribution in [0.3, 0.4) is 0 Å². The summed E-state index contributed by atoms with van der Waals surface area (Å²) in [6.07, 6.45) is 9.42. The molecular formula is C36H25Cl2FN16. The van der Waals surface area contributed by atoms with Gasteiger partial charge in [0.2, 0.25) is 0 Å². The molecule has 8 rings (SSSR count). The van der Waals surface area contributed by atoms with E-state index in [1.165, 1.54) is 23.4 Å². The molecular weight excluding hydrogens is 746 g/mol. The van der Waals surface area contributed by atoms with Crippen molar-refractivity contribution in [1.29, 1.82) is 10.5 Å². The van der Waals surface area contributed by atoms with E-state index in [0.717, 1.165) is 17.0 Å². The summed E-state index contributed by atoms with van der Waals surface area (Å²) < 4.78 is 17.6. The molecule has 0 saturated carbocycles. The Morgan fingerprint density at radius 2 is 1.13 bits per heavy atom. The predicted octanol–water partition coefficient (Wildman–Crippen LogP) is 7.18. The summed E-state index contributed by atoms with van der Waals surface area (Å²) in [5.41, 5.74) is 2.52. The molecule has 2 aromatic carbocycles. The molecule has 19 heteroatoms. The van der Waals surface area contributed by atoms with Crippen LogP contribution in [0.15, 0.2) is 92.0 Å². The summed E-state index contributed by atoms with van der Waals surface area (Å²) in [4.78, 5) is 25.2. The molecule has 6 heterocycles. The van der Waals surface area contributed by atoms with Crippen molar-refractivity contribution in [1.82, 2.24) is 49.5 Å². The van der Waals surface area contributed by atoms with E-state index in [1.807, 2.05) is 12.1 Å². The molecule has 0 fully saturated rings. The van der Waals surface area contributed by atoms with Crippen LogP contribution in [0.25, 0.3) is 33.2 Å². The number of hydrogen-bond acceptors (Lipinski definition) is 14. The zero-order chi connectivity index (χ0) is 38.5. The zero-order valence-electron chi connectivity index (χ0n) is 28.7. The number of anilines is 6. The molecule has 0 spiro atoms. The SMILES string of the molecule is CNc1cc(Nc2cc3c(cn2)cnn3-c2c(Cl)cccc2C#N)ncn1.CNc1cc(Nc2cc3c(cn2)cnn3-c2c(F)cc(C#N)cc2Cl)ncn1. The van der Waals surface area contributed by atoms with Gasteiger partial charge in [-0.25, -0.2) is 43.7 Å². The van der Waals surface area contributed by atoms with E-state index in [0.29, 0.717) is 62.1 Å². The summed E-state index contributed by atoms with van der Waals surface area (Å²) in [5, 5.41) is 41.1.